The molecule has 1 heterocycles. The zero-order chi connectivity index (χ0) is 9.80. The number of aldehydes is 1. The first-order valence-corrected chi connectivity index (χ1v) is 5.71. The van der Waals surface area contributed by atoms with Crippen LogP contribution < -0.4 is 0 Å². The zero-order valence-electron chi connectivity index (χ0n) is 7.21. The molecule has 4 heteroatoms. The Morgan fingerprint density at radius 2 is 2.21 bits per heavy atom. The summed E-state index contributed by atoms with van der Waals surface area (Å²) in [5.74, 6) is 0. The second-order valence-corrected chi connectivity index (χ2v) is 4.74. The molecule has 0 atom stereocenters. The van der Waals surface area contributed by atoms with Crippen molar-refractivity contribution in [1.82, 2.24) is 4.98 Å². The van der Waals surface area contributed by atoms with Gasteiger partial charge >= 0.3 is 0 Å². The second kappa shape index (κ2) is 4.39. The Kier molecular flexibility index (Phi) is 2.96. The fourth-order valence-corrected chi connectivity index (χ4v) is 2.70. The fraction of sp³-hybridized carbons (Fsp3) is 0. The summed E-state index contributed by atoms with van der Waals surface area (Å²) < 4.78 is 0.958. The minimum atomic E-state index is 0.715. The minimum Gasteiger partial charge on any atom is -0.298 e. The van der Waals surface area contributed by atoms with Crippen LogP contribution in [0.15, 0.2) is 45.1 Å². The first-order valence-electron chi connectivity index (χ1n) is 4.01. The van der Waals surface area contributed by atoms with Gasteiger partial charge in [0.2, 0.25) is 0 Å². The van der Waals surface area contributed by atoms with E-state index in [2.05, 4.69) is 4.98 Å². The maximum atomic E-state index is 10.7. The van der Waals surface area contributed by atoms with E-state index in [1.165, 1.54) is 11.8 Å². The van der Waals surface area contributed by atoms with E-state index in [1.807, 2.05) is 29.6 Å². The van der Waals surface area contributed by atoms with Gasteiger partial charge in [-0.05, 0) is 6.07 Å². The highest BCUT2D eigenvalue weighted by Crippen LogP contribution is 2.30. The van der Waals surface area contributed by atoms with Crippen molar-refractivity contribution in [3.05, 3.63) is 41.4 Å². The van der Waals surface area contributed by atoms with Crippen molar-refractivity contribution in [1.29, 1.82) is 0 Å². The van der Waals surface area contributed by atoms with E-state index in [0.29, 0.717) is 5.56 Å². The van der Waals surface area contributed by atoms with Crippen LogP contribution >= 0.6 is 23.1 Å². The Morgan fingerprint density at radius 1 is 1.36 bits per heavy atom. The molecule has 2 nitrogen and oxygen atoms in total. The molecule has 14 heavy (non-hydrogen) atoms. The SMILES string of the molecule is O=Cc1ccccc1Sc1nccs1. The third-order valence-corrected chi connectivity index (χ3v) is 3.63. The standard InChI is InChI=1S/C10H7NOS2/c12-7-8-3-1-2-4-9(8)14-10-11-5-6-13-10/h1-7H. The van der Waals surface area contributed by atoms with Gasteiger partial charge in [-0.25, -0.2) is 4.98 Å². The van der Waals surface area contributed by atoms with Crippen LogP contribution in [0.4, 0.5) is 0 Å². The summed E-state index contributed by atoms with van der Waals surface area (Å²) in [6, 6.07) is 7.51. The lowest BCUT2D eigenvalue weighted by molar-refractivity contribution is 0.112. The number of nitrogens with zero attached hydrogens (tertiary/aromatic N) is 1. The van der Waals surface area contributed by atoms with E-state index in [0.717, 1.165) is 15.5 Å². The minimum absolute atomic E-state index is 0.715. The highest BCUT2D eigenvalue weighted by molar-refractivity contribution is 8.01. The molecule has 0 saturated heterocycles. The lowest BCUT2D eigenvalue weighted by atomic mass is 10.2. The van der Waals surface area contributed by atoms with Gasteiger partial charge in [0.1, 0.15) is 0 Å². The molecule has 2 aromatic rings. The maximum Gasteiger partial charge on any atom is 0.154 e. The summed E-state index contributed by atoms with van der Waals surface area (Å²) in [6.07, 6.45) is 2.63. The smallest absolute Gasteiger partial charge is 0.154 e. The van der Waals surface area contributed by atoms with Crippen LogP contribution in [0.2, 0.25) is 0 Å². The fourth-order valence-electron chi connectivity index (χ4n) is 1.03. The van der Waals surface area contributed by atoms with Crippen molar-refractivity contribution in [2.24, 2.45) is 0 Å². The molecule has 0 fully saturated rings. The number of aromatic nitrogens is 1. The quantitative estimate of drug-likeness (QED) is 0.746. The zero-order valence-corrected chi connectivity index (χ0v) is 8.85. The molecule has 0 saturated carbocycles. The molecule has 0 N–H and O–H groups in total. The van der Waals surface area contributed by atoms with Crippen LogP contribution in [0.1, 0.15) is 10.4 Å². The highest BCUT2D eigenvalue weighted by atomic mass is 32.2. The molecule has 0 radical (unpaired) electrons. The van der Waals surface area contributed by atoms with E-state index >= 15 is 0 Å². The molecule has 0 spiro atoms. The second-order valence-electron chi connectivity index (χ2n) is 2.56. The maximum absolute atomic E-state index is 10.7. The summed E-state index contributed by atoms with van der Waals surface area (Å²) in [5.41, 5.74) is 0.715. The monoisotopic (exact) mass is 221 g/mol. The van der Waals surface area contributed by atoms with Crippen LogP contribution in [0.5, 0.6) is 0 Å². The number of hydrogen-bond donors (Lipinski definition) is 0. The van der Waals surface area contributed by atoms with E-state index < -0.39 is 0 Å². The number of thiazole rings is 1. The van der Waals surface area contributed by atoms with Crippen molar-refractivity contribution in [2.75, 3.05) is 0 Å². The van der Waals surface area contributed by atoms with Crippen LogP contribution in [-0.2, 0) is 0 Å². The molecule has 0 aliphatic heterocycles. The van der Waals surface area contributed by atoms with Crippen LogP contribution in [-0.4, -0.2) is 11.3 Å². The van der Waals surface area contributed by atoms with Gasteiger partial charge < -0.3 is 0 Å². The van der Waals surface area contributed by atoms with E-state index in [9.17, 15) is 4.79 Å². The van der Waals surface area contributed by atoms with Crippen molar-refractivity contribution in [3.63, 3.8) is 0 Å². The van der Waals surface area contributed by atoms with Crippen molar-refractivity contribution < 1.29 is 4.79 Å². The number of carbonyl (C=O) groups is 1. The molecular formula is C10H7NOS2. The number of rotatable bonds is 3. The van der Waals surface area contributed by atoms with E-state index in [4.69, 9.17) is 0 Å². The third-order valence-electron chi connectivity index (χ3n) is 1.65. The van der Waals surface area contributed by atoms with Crippen LogP contribution in [0.3, 0.4) is 0 Å². The van der Waals surface area contributed by atoms with Gasteiger partial charge in [-0.1, -0.05) is 30.0 Å². The third kappa shape index (κ3) is 2.02. The Balaban J connectivity index is 2.28. The van der Waals surface area contributed by atoms with Gasteiger partial charge in [0.05, 0.1) is 0 Å². The molecule has 0 unspecified atom stereocenters. The summed E-state index contributed by atoms with van der Waals surface area (Å²) >= 11 is 3.09. The first kappa shape index (κ1) is 9.43. The average molecular weight is 221 g/mol. The molecule has 0 amide bonds. The molecule has 2 rings (SSSR count). The van der Waals surface area contributed by atoms with Crippen molar-refractivity contribution in [2.45, 2.75) is 9.24 Å². The van der Waals surface area contributed by atoms with Gasteiger partial charge in [-0.2, -0.15) is 0 Å². The van der Waals surface area contributed by atoms with Crippen molar-refractivity contribution >= 4 is 29.4 Å². The molecule has 1 aromatic heterocycles. The normalized spacial score (nSPS) is 10.0. The Morgan fingerprint density at radius 3 is 2.93 bits per heavy atom. The van der Waals surface area contributed by atoms with Gasteiger partial charge in [0, 0.05) is 22.0 Å². The topological polar surface area (TPSA) is 30.0 Å². The molecule has 0 aliphatic carbocycles. The Hall–Kier alpha value is -1.13. The Bertz CT molecular complexity index is 425. The molecule has 70 valence electrons. The lowest BCUT2D eigenvalue weighted by Gasteiger charge is -1.99. The summed E-state index contributed by atoms with van der Waals surface area (Å²) in [6.45, 7) is 0. The molecule has 0 aliphatic rings. The molecule has 1 aromatic carbocycles. The molecular weight excluding hydrogens is 214 g/mol. The number of carbonyl (C=O) groups excluding carboxylic acids is 1. The predicted molar refractivity (Wildman–Crippen MR) is 58.1 cm³/mol. The summed E-state index contributed by atoms with van der Waals surface area (Å²) in [5, 5.41) is 1.92. The van der Waals surface area contributed by atoms with Crippen LogP contribution in [0, 0.1) is 0 Å². The number of benzene rings is 1. The van der Waals surface area contributed by atoms with Gasteiger partial charge in [-0.3, -0.25) is 4.79 Å². The van der Waals surface area contributed by atoms with Gasteiger partial charge in [-0.15, -0.1) is 11.3 Å². The van der Waals surface area contributed by atoms with Crippen LogP contribution in [0.25, 0.3) is 0 Å². The average Bonchev–Trinajstić information content (AvgIpc) is 2.71. The van der Waals surface area contributed by atoms with Crippen molar-refractivity contribution in [3.8, 4) is 0 Å². The van der Waals surface area contributed by atoms with Gasteiger partial charge in [0.15, 0.2) is 10.6 Å². The number of hydrogen-bond acceptors (Lipinski definition) is 4. The van der Waals surface area contributed by atoms with Gasteiger partial charge in [0.25, 0.3) is 0 Å². The van der Waals surface area contributed by atoms with E-state index in [1.54, 1.807) is 17.5 Å². The molecule has 0 bridgehead atoms. The summed E-state index contributed by atoms with van der Waals surface area (Å²) in [7, 11) is 0. The lowest BCUT2D eigenvalue weighted by Crippen LogP contribution is -1.83. The first-order chi connectivity index (χ1) is 6.90. The summed E-state index contributed by atoms with van der Waals surface area (Å²) in [4.78, 5) is 15.8. The van der Waals surface area contributed by atoms with E-state index in [-0.39, 0.29) is 0 Å². The Labute approximate surface area is 90.0 Å². The largest absolute Gasteiger partial charge is 0.298 e. The predicted octanol–water partition coefficient (Wildman–Crippen LogP) is 3.11. The highest BCUT2D eigenvalue weighted by Gasteiger charge is 2.03.